The lowest BCUT2D eigenvalue weighted by molar-refractivity contribution is -0.129. The first-order valence-corrected chi connectivity index (χ1v) is 7.53. The number of carbonyl (C=O) groups is 1. The van der Waals surface area contributed by atoms with Crippen molar-refractivity contribution in [3.05, 3.63) is 0 Å². The SMILES string of the molecule is CC(C(=O)N1C[C@H]2CNC[C@H]2C1)S(C)(=O)=O. The molecule has 2 saturated heterocycles. The molecule has 0 aromatic heterocycles. The van der Waals surface area contributed by atoms with Gasteiger partial charge in [0.1, 0.15) is 5.25 Å². The Morgan fingerprint density at radius 2 is 1.81 bits per heavy atom. The summed E-state index contributed by atoms with van der Waals surface area (Å²) in [6.07, 6.45) is 1.12. The van der Waals surface area contributed by atoms with E-state index in [4.69, 9.17) is 0 Å². The van der Waals surface area contributed by atoms with Gasteiger partial charge in [-0.05, 0) is 18.8 Å². The standard InChI is InChI=1S/C10H18N2O3S/c1-7(16(2,14)15)10(13)12-5-8-3-11-4-9(8)6-12/h7-9,11H,3-6H2,1-2H3/t7?,8-,9+. The maximum atomic E-state index is 11.9. The molecule has 0 spiro atoms. The largest absolute Gasteiger partial charge is 0.341 e. The van der Waals surface area contributed by atoms with Crippen LogP contribution in [0.15, 0.2) is 0 Å². The van der Waals surface area contributed by atoms with Crippen molar-refractivity contribution in [2.45, 2.75) is 12.2 Å². The number of nitrogens with zero attached hydrogens (tertiary/aromatic N) is 1. The molecule has 0 aromatic rings. The quantitative estimate of drug-likeness (QED) is 0.685. The number of sulfone groups is 1. The van der Waals surface area contributed by atoms with Crippen molar-refractivity contribution >= 4 is 15.7 Å². The smallest absolute Gasteiger partial charge is 0.240 e. The van der Waals surface area contributed by atoms with Gasteiger partial charge in [-0.2, -0.15) is 0 Å². The van der Waals surface area contributed by atoms with Crippen LogP contribution in [0, 0.1) is 11.8 Å². The Kier molecular flexibility index (Phi) is 2.96. The van der Waals surface area contributed by atoms with Crippen molar-refractivity contribution in [3.8, 4) is 0 Å². The van der Waals surface area contributed by atoms with Crippen molar-refractivity contribution in [1.82, 2.24) is 10.2 Å². The third-order valence-electron chi connectivity index (χ3n) is 3.69. The topological polar surface area (TPSA) is 66.5 Å². The Balaban J connectivity index is 2.02. The van der Waals surface area contributed by atoms with Gasteiger partial charge in [-0.1, -0.05) is 0 Å². The zero-order valence-electron chi connectivity index (χ0n) is 9.64. The van der Waals surface area contributed by atoms with Gasteiger partial charge in [0.05, 0.1) is 0 Å². The molecule has 0 radical (unpaired) electrons. The van der Waals surface area contributed by atoms with Crippen LogP contribution in [0.4, 0.5) is 0 Å². The van der Waals surface area contributed by atoms with E-state index in [1.807, 2.05) is 0 Å². The van der Waals surface area contributed by atoms with E-state index in [1.165, 1.54) is 6.92 Å². The summed E-state index contributed by atoms with van der Waals surface area (Å²) in [5, 5.41) is 2.38. The number of likely N-dealkylation sites (tertiary alicyclic amines) is 1. The van der Waals surface area contributed by atoms with E-state index < -0.39 is 15.1 Å². The van der Waals surface area contributed by atoms with Crippen molar-refractivity contribution < 1.29 is 13.2 Å². The average Bonchev–Trinajstić information content (AvgIpc) is 2.72. The summed E-state index contributed by atoms with van der Waals surface area (Å²) in [6, 6.07) is 0. The molecule has 0 bridgehead atoms. The summed E-state index contributed by atoms with van der Waals surface area (Å²) in [5.41, 5.74) is 0. The van der Waals surface area contributed by atoms with E-state index in [9.17, 15) is 13.2 Å². The first-order valence-electron chi connectivity index (χ1n) is 5.58. The molecule has 3 atom stereocenters. The van der Waals surface area contributed by atoms with Crippen molar-refractivity contribution in [2.75, 3.05) is 32.4 Å². The highest BCUT2D eigenvalue weighted by Crippen LogP contribution is 2.27. The Morgan fingerprint density at radius 1 is 1.31 bits per heavy atom. The minimum absolute atomic E-state index is 0.239. The highest BCUT2D eigenvalue weighted by Gasteiger charge is 2.40. The van der Waals surface area contributed by atoms with Crippen LogP contribution in [0.2, 0.25) is 0 Å². The second-order valence-corrected chi connectivity index (χ2v) is 7.26. The maximum absolute atomic E-state index is 11.9. The fourth-order valence-corrected chi connectivity index (χ4v) is 2.99. The highest BCUT2D eigenvalue weighted by molar-refractivity contribution is 7.92. The fraction of sp³-hybridized carbons (Fsp3) is 0.900. The van der Waals surface area contributed by atoms with Crippen LogP contribution < -0.4 is 5.32 Å². The predicted octanol–water partition coefficient (Wildman–Crippen LogP) is -0.903. The molecular formula is C10H18N2O3S. The molecule has 92 valence electrons. The minimum atomic E-state index is -3.27. The lowest BCUT2D eigenvalue weighted by atomic mass is 10.0. The van der Waals surface area contributed by atoms with Gasteiger partial charge in [0, 0.05) is 32.4 Å². The van der Waals surface area contributed by atoms with Crippen LogP contribution in [-0.4, -0.2) is 56.9 Å². The van der Waals surface area contributed by atoms with E-state index in [0.29, 0.717) is 24.9 Å². The summed E-state index contributed by atoms with van der Waals surface area (Å²) >= 11 is 0. The van der Waals surface area contributed by atoms with Gasteiger partial charge in [-0.25, -0.2) is 8.42 Å². The Bertz CT molecular complexity index is 381. The van der Waals surface area contributed by atoms with Gasteiger partial charge in [-0.3, -0.25) is 4.79 Å². The number of carbonyl (C=O) groups excluding carboxylic acids is 1. The number of fused-ring (bicyclic) bond motifs is 1. The second-order valence-electron chi connectivity index (χ2n) is 4.89. The molecule has 5 nitrogen and oxygen atoms in total. The molecule has 2 aliphatic rings. The van der Waals surface area contributed by atoms with E-state index in [0.717, 1.165) is 19.3 Å². The molecule has 2 fully saturated rings. The average molecular weight is 246 g/mol. The van der Waals surface area contributed by atoms with E-state index in [2.05, 4.69) is 5.32 Å². The molecule has 2 rings (SSSR count). The summed E-state index contributed by atoms with van der Waals surface area (Å²) in [4.78, 5) is 13.7. The zero-order chi connectivity index (χ0) is 11.9. The fourth-order valence-electron chi connectivity index (χ4n) is 2.48. The molecule has 0 aliphatic carbocycles. The summed E-state index contributed by atoms with van der Waals surface area (Å²) < 4.78 is 22.6. The lowest BCUT2D eigenvalue weighted by Crippen LogP contribution is -2.41. The number of hydrogen-bond acceptors (Lipinski definition) is 4. The summed E-state index contributed by atoms with van der Waals surface area (Å²) in [7, 11) is -3.27. The van der Waals surface area contributed by atoms with E-state index in [-0.39, 0.29) is 5.91 Å². The molecule has 0 aromatic carbocycles. The second kappa shape index (κ2) is 4.00. The Labute approximate surface area is 96.1 Å². The molecule has 0 saturated carbocycles. The van der Waals surface area contributed by atoms with Gasteiger partial charge >= 0.3 is 0 Å². The maximum Gasteiger partial charge on any atom is 0.240 e. The van der Waals surface area contributed by atoms with Crippen molar-refractivity contribution in [1.29, 1.82) is 0 Å². The molecule has 6 heteroatoms. The molecule has 1 amide bonds. The molecule has 2 heterocycles. The monoisotopic (exact) mass is 246 g/mol. The number of rotatable bonds is 2. The Hall–Kier alpha value is -0.620. The zero-order valence-corrected chi connectivity index (χ0v) is 10.5. The van der Waals surface area contributed by atoms with Gasteiger partial charge < -0.3 is 10.2 Å². The predicted molar refractivity (Wildman–Crippen MR) is 60.7 cm³/mol. The van der Waals surface area contributed by atoms with Gasteiger partial charge in [0.25, 0.3) is 0 Å². The highest BCUT2D eigenvalue weighted by atomic mass is 32.2. The Morgan fingerprint density at radius 3 is 2.25 bits per heavy atom. The van der Waals surface area contributed by atoms with Gasteiger partial charge in [-0.15, -0.1) is 0 Å². The third-order valence-corrected chi connectivity index (χ3v) is 5.18. The number of nitrogens with one attached hydrogen (secondary N) is 1. The molecule has 16 heavy (non-hydrogen) atoms. The van der Waals surface area contributed by atoms with Gasteiger partial charge in [0.15, 0.2) is 9.84 Å². The van der Waals surface area contributed by atoms with Crippen LogP contribution in [0.25, 0.3) is 0 Å². The molecular weight excluding hydrogens is 228 g/mol. The molecule has 2 aliphatic heterocycles. The minimum Gasteiger partial charge on any atom is -0.341 e. The van der Waals surface area contributed by atoms with Crippen LogP contribution in [-0.2, 0) is 14.6 Å². The summed E-state index contributed by atoms with van der Waals surface area (Å²) in [6.45, 7) is 4.78. The first-order chi connectivity index (χ1) is 7.39. The number of hydrogen-bond donors (Lipinski definition) is 1. The lowest BCUT2D eigenvalue weighted by Gasteiger charge is -2.20. The number of amides is 1. The summed E-state index contributed by atoms with van der Waals surface area (Å²) in [5.74, 6) is 0.781. The van der Waals surface area contributed by atoms with Crippen LogP contribution in [0.1, 0.15) is 6.92 Å². The molecule has 1 N–H and O–H groups in total. The van der Waals surface area contributed by atoms with Crippen molar-refractivity contribution in [3.63, 3.8) is 0 Å². The first kappa shape index (κ1) is 11.9. The van der Waals surface area contributed by atoms with Crippen LogP contribution >= 0.6 is 0 Å². The van der Waals surface area contributed by atoms with E-state index >= 15 is 0 Å². The van der Waals surface area contributed by atoms with Crippen molar-refractivity contribution in [2.24, 2.45) is 11.8 Å². The molecule has 1 unspecified atom stereocenters. The van der Waals surface area contributed by atoms with Crippen LogP contribution in [0.5, 0.6) is 0 Å². The van der Waals surface area contributed by atoms with E-state index in [1.54, 1.807) is 4.90 Å². The normalized spacial score (nSPS) is 31.5. The van der Waals surface area contributed by atoms with Gasteiger partial charge in [0.2, 0.25) is 5.91 Å². The van der Waals surface area contributed by atoms with Crippen LogP contribution in [0.3, 0.4) is 0 Å². The third kappa shape index (κ3) is 2.08.